The van der Waals surface area contributed by atoms with Crippen molar-refractivity contribution in [2.75, 3.05) is 26.4 Å². The van der Waals surface area contributed by atoms with Gasteiger partial charge >= 0.3 is 0 Å². The largest absolute Gasteiger partial charge is 0.366 e. The summed E-state index contributed by atoms with van der Waals surface area (Å²) in [6, 6.07) is 6.26. The zero-order valence-corrected chi connectivity index (χ0v) is 16.4. The molecule has 0 bridgehead atoms. The highest BCUT2D eigenvalue weighted by molar-refractivity contribution is 5.79. The van der Waals surface area contributed by atoms with E-state index in [0.717, 1.165) is 16.8 Å². The third kappa shape index (κ3) is 4.09. The minimum absolute atomic E-state index is 0.139. The van der Waals surface area contributed by atoms with Crippen molar-refractivity contribution >= 4 is 17.6 Å². The molecule has 0 spiro atoms. The molecule has 3 N–H and O–H groups in total. The van der Waals surface area contributed by atoms with Crippen LogP contribution in [-0.2, 0) is 11.2 Å². The van der Waals surface area contributed by atoms with Gasteiger partial charge in [-0.15, -0.1) is 5.10 Å². The number of benzene rings is 1. The van der Waals surface area contributed by atoms with Crippen LogP contribution in [0.2, 0.25) is 0 Å². The molecule has 2 heterocycles. The Labute approximate surface area is 162 Å². The molecule has 0 aliphatic rings. The second kappa shape index (κ2) is 7.89. The van der Waals surface area contributed by atoms with Gasteiger partial charge in [-0.25, -0.2) is 9.37 Å². The molecule has 148 valence electrons. The first-order valence-corrected chi connectivity index (χ1v) is 8.93. The highest BCUT2D eigenvalue weighted by Gasteiger charge is 2.18. The van der Waals surface area contributed by atoms with Gasteiger partial charge in [0.25, 0.3) is 5.78 Å². The number of nitrogens with two attached hydrogens (primary N) is 1. The molecule has 1 amide bonds. The van der Waals surface area contributed by atoms with Crippen LogP contribution in [0.5, 0.6) is 0 Å². The summed E-state index contributed by atoms with van der Waals surface area (Å²) in [6.45, 7) is 4.04. The summed E-state index contributed by atoms with van der Waals surface area (Å²) >= 11 is 0. The second-order valence-electron chi connectivity index (χ2n) is 6.96. The predicted molar refractivity (Wildman–Crippen MR) is 104 cm³/mol. The van der Waals surface area contributed by atoms with Gasteiger partial charge in [0.05, 0.1) is 12.5 Å². The zero-order chi connectivity index (χ0) is 20.4. The SMILES string of the molecule is Cc1nc2nc(N)nn2c(C)c1CC(=O)NC[C@@H](c1cccc(F)c1)N(C)C. The van der Waals surface area contributed by atoms with E-state index in [0.29, 0.717) is 18.0 Å². The van der Waals surface area contributed by atoms with Gasteiger partial charge in [0.2, 0.25) is 11.9 Å². The van der Waals surface area contributed by atoms with E-state index in [1.54, 1.807) is 10.6 Å². The molecule has 8 nitrogen and oxygen atoms in total. The number of aryl methyl sites for hydroxylation is 2. The van der Waals surface area contributed by atoms with Crippen molar-refractivity contribution in [1.29, 1.82) is 0 Å². The third-order valence-electron chi connectivity index (χ3n) is 4.75. The fourth-order valence-electron chi connectivity index (χ4n) is 3.23. The topological polar surface area (TPSA) is 101 Å². The van der Waals surface area contributed by atoms with E-state index in [4.69, 9.17) is 5.73 Å². The second-order valence-corrected chi connectivity index (χ2v) is 6.96. The lowest BCUT2D eigenvalue weighted by Gasteiger charge is -2.25. The Morgan fingerprint density at radius 2 is 2.07 bits per heavy atom. The van der Waals surface area contributed by atoms with Crippen molar-refractivity contribution < 1.29 is 9.18 Å². The Hall–Kier alpha value is -3.07. The summed E-state index contributed by atoms with van der Waals surface area (Å²) in [5, 5.41) is 7.05. The predicted octanol–water partition coefficient (Wildman–Crippen LogP) is 1.42. The van der Waals surface area contributed by atoms with Gasteiger partial charge in [0.15, 0.2) is 0 Å². The fourth-order valence-corrected chi connectivity index (χ4v) is 3.23. The summed E-state index contributed by atoms with van der Waals surface area (Å²) in [7, 11) is 3.78. The number of rotatable bonds is 6. The van der Waals surface area contributed by atoms with Crippen molar-refractivity contribution in [2.45, 2.75) is 26.3 Å². The monoisotopic (exact) mass is 385 g/mol. The van der Waals surface area contributed by atoms with E-state index >= 15 is 0 Å². The van der Waals surface area contributed by atoms with Crippen LogP contribution in [0.3, 0.4) is 0 Å². The molecule has 0 aliphatic carbocycles. The Kier molecular flexibility index (Phi) is 5.55. The van der Waals surface area contributed by atoms with Crippen molar-refractivity contribution in [2.24, 2.45) is 0 Å². The molecule has 0 unspecified atom stereocenters. The maximum atomic E-state index is 13.6. The molecular weight excluding hydrogens is 361 g/mol. The number of hydrogen-bond acceptors (Lipinski definition) is 6. The summed E-state index contributed by atoms with van der Waals surface area (Å²) in [5.74, 6) is 0.105. The number of aromatic nitrogens is 4. The molecular formula is C19H24FN7O. The quantitative estimate of drug-likeness (QED) is 0.666. The smallest absolute Gasteiger partial charge is 0.254 e. The van der Waals surface area contributed by atoms with Crippen LogP contribution < -0.4 is 11.1 Å². The van der Waals surface area contributed by atoms with Crippen molar-refractivity contribution in [3.63, 3.8) is 0 Å². The number of carbonyl (C=O) groups excluding carboxylic acids is 1. The van der Waals surface area contributed by atoms with E-state index in [9.17, 15) is 9.18 Å². The van der Waals surface area contributed by atoms with Crippen LogP contribution in [0.4, 0.5) is 10.3 Å². The van der Waals surface area contributed by atoms with Crippen LogP contribution in [-0.4, -0.2) is 51.0 Å². The molecule has 0 saturated carbocycles. The van der Waals surface area contributed by atoms with Crippen LogP contribution in [0.1, 0.15) is 28.6 Å². The first kappa shape index (κ1) is 19.7. The molecule has 3 rings (SSSR count). The van der Waals surface area contributed by atoms with E-state index in [-0.39, 0.29) is 30.1 Å². The number of amides is 1. The number of halogens is 1. The number of fused-ring (bicyclic) bond motifs is 1. The molecule has 0 aliphatic heterocycles. The molecule has 28 heavy (non-hydrogen) atoms. The zero-order valence-electron chi connectivity index (χ0n) is 16.4. The lowest BCUT2D eigenvalue weighted by Crippen LogP contribution is -2.35. The number of carbonyl (C=O) groups is 1. The number of hydrogen-bond donors (Lipinski definition) is 2. The minimum Gasteiger partial charge on any atom is -0.366 e. The van der Waals surface area contributed by atoms with Gasteiger partial charge in [0.1, 0.15) is 5.82 Å². The van der Waals surface area contributed by atoms with Gasteiger partial charge < -0.3 is 16.0 Å². The van der Waals surface area contributed by atoms with Gasteiger partial charge in [0, 0.05) is 23.5 Å². The number of anilines is 1. The molecule has 0 saturated heterocycles. The minimum atomic E-state index is -0.298. The van der Waals surface area contributed by atoms with Crippen molar-refractivity contribution in [3.8, 4) is 0 Å². The maximum absolute atomic E-state index is 13.6. The molecule has 1 aromatic carbocycles. The lowest BCUT2D eigenvalue weighted by molar-refractivity contribution is -0.120. The van der Waals surface area contributed by atoms with Gasteiger partial charge in [-0.05, 0) is 45.6 Å². The van der Waals surface area contributed by atoms with Crippen molar-refractivity contribution in [1.82, 2.24) is 29.8 Å². The van der Waals surface area contributed by atoms with Crippen LogP contribution in [0, 0.1) is 19.7 Å². The van der Waals surface area contributed by atoms with E-state index in [1.165, 1.54) is 12.1 Å². The molecule has 9 heteroatoms. The Morgan fingerprint density at radius 1 is 1.32 bits per heavy atom. The molecule has 0 radical (unpaired) electrons. The average molecular weight is 385 g/mol. The number of likely N-dealkylation sites (N-methyl/N-ethyl adjacent to an activating group) is 1. The molecule has 2 aromatic heterocycles. The lowest BCUT2D eigenvalue weighted by atomic mass is 10.1. The number of nitrogen functional groups attached to an aromatic ring is 1. The van der Waals surface area contributed by atoms with Crippen LogP contribution in [0.15, 0.2) is 24.3 Å². The van der Waals surface area contributed by atoms with Gasteiger partial charge in [-0.1, -0.05) is 12.1 Å². The Morgan fingerprint density at radius 3 is 2.75 bits per heavy atom. The highest BCUT2D eigenvalue weighted by Crippen LogP contribution is 2.19. The normalized spacial score (nSPS) is 12.5. The van der Waals surface area contributed by atoms with Gasteiger partial charge in [-0.2, -0.15) is 9.50 Å². The summed E-state index contributed by atoms with van der Waals surface area (Å²) in [6.07, 6.45) is 0.156. The Balaban J connectivity index is 1.74. The van der Waals surface area contributed by atoms with Gasteiger partial charge in [-0.3, -0.25) is 4.79 Å². The summed E-state index contributed by atoms with van der Waals surface area (Å²) in [4.78, 5) is 23.0. The first-order chi connectivity index (χ1) is 13.3. The fraction of sp³-hybridized carbons (Fsp3) is 0.368. The van der Waals surface area contributed by atoms with Crippen LogP contribution >= 0.6 is 0 Å². The van der Waals surface area contributed by atoms with Crippen LogP contribution in [0.25, 0.3) is 5.78 Å². The van der Waals surface area contributed by atoms with E-state index < -0.39 is 0 Å². The Bertz CT molecular complexity index is 1010. The molecule has 1 atom stereocenters. The summed E-state index contributed by atoms with van der Waals surface area (Å²) < 4.78 is 15.1. The van der Waals surface area contributed by atoms with E-state index in [1.807, 2.05) is 38.9 Å². The first-order valence-electron chi connectivity index (χ1n) is 8.93. The highest BCUT2D eigenvalue weighted by atomic mass is 19.1. The average Bonchev–Trinajstić information content (AvgIpc) is 2.99. The maximum Gasteiger partial charge on any atom is 0.254 e. The number of nitrogens with zero attached hydrogens (tertiary/aromatic N) is 5. The van der Waals surface area contributed by atoms with E-state index in [2.05, 4.69) is 20.4 Å². The number of nitrogens with one attached hydrogen (secondary N) is 1. The van der Waals surface area contributed by atoms with Crippen molar-refractivity contribution in [3.05, 3.63) is 52.6 Å². The standard InChI is InChI=1S/C19H24FN7O/c1-11-15(12(2)27-19(23-11)24-18(21)25-27)9-17(28)22-10-16(26(3)4)13-6-5-7-14(20)8-13/h5-8,16H,9-10H2,1-4H3,(H2,21,25)(H,22,28)/t16-/m0/s1. The molecule has 0 fully saturated rings. The summed E-state index contributed by atoms with van der Waals surface area (Å²) in [5.41, 5.74) is 8.71. The molecule has 3 aromatic rings. The third-order valence-corrected chi connectivity index (χ3v) is 4.75.